The lowest BCUT2D eigenvalue weighted by Crippen LogP contribution is -2.08. The number of para-hydroxylation sites is 2. The highest BCUT2D eigenvalue weighted by Crippen LogP contribution is 2.18. The van der Waals surface area contributed by atoms with Gasteiger partial charge in [-0.05, 0) is 43.2 Å². The van der Waals surface area contributed by atoms with Crippen LogP contribution >= 0.6 is 0 Å². The van der Waals surface area contributed by atoms with Gasteiger partial charge in [-0.15, -0.1) is 0 Å². The van der Waals surface area contributed by atoms with Gasteiger partial charge in [-0.3, -0.25) is 0 Å². The smallest absolute Gasteiger partial charge is 0.129 e. The summed E-state index contributed by atoms with van der Waals surface area (Å²) in [5, 5.41) is 3.49. The number of nitrogens with zero attached hydrogens (tertiary/aromatic N) is 2. The minimum absolute atomic E-state index is 0.746. The Morgan fingerprint density at radius 1 is 1.05 bits per heavy atom. The van der Waals surface area contributed by atoms with Gasteiger partial charge in [-0.2, -0.15) is 0 Å². The van der Waals surface area contributed by atoms with Crippen LogP contribution in [0.3, 0.4) is 0 Å². The van der Waals surface area contributed by atoms with Crippen LogP contribution in [0.4, 0.5) is 5.69 Å². The van der Waals surface area contributed by atoms with Crippen molar-refractivity contribution in [2.75, 3.05) is 5.32 Å². The summed E-state index contributed by atoms with van der Waals surface area (Å²) in [5.41, 5.74) is 4.78. The van der Waals surface area contributed by atoms with E-state index in [2.05, 4.69) is 66.2 Å². The molecule has 0 saturated carbocycles. The van der Waals surface area contributed by atoms with Gasteiger partial charge in [0.15, 0.2) is 0 Å². The second kappa shape index (κ2) is 6.00. The molecule has 0 aliphatic carbocycles. The Labute approximate surface area is 125 Å². The number of hydrogen-bond acceptors (Lipinski definition) is 2. The van der Waals surface area contributed by atoms with Gasteiger partial charge in [-0.1, -0.05) is 31.2 Å². The van der Waals surface area contributed by atoms with Crippen molar-refractivity contribution >= 4 is 16.7 Å². The van der Waals surface area contributed by atoms with Gasteiger partial charge in [0, 0.05) is 12.2 Å². The van der Waals surface area contributed by atoms with Gasteiger partial charge in [0.2, 0.25) is 0 Å². The monoisotopic (exact) mass is 279 g/mol. The zero-order valence-electron chi connectivity index (χ0n) is 12.6. The number of hydrogen-bond donors (Lipinski definition) is 1. The molecule has 0 amide bonds. The molecule has 1 heterocycles. The molecule has 0 atom stereocenters. The molecular weight excluding hydrogens is 258 g/mol. The Bertz CT molecular complexity index is 743. The lowest BCUT2D eigenvalue weighted by atomic mass is 10.1. The Morgan fingerprint density at radius 2 is 1.90 bits per heavy atom. The Kier molecular flexibility index (Phi) is 3.91. The maximum atomic E-state index is 4.74. The molecule has 0 aliphatic rings. The summed E-state index contributed by atoms with van der Waals surface area (Å²) in [7, 11) is 0. The molecule has 0 unspecified atom stereocenters. The van der Waals surface area contributed by atoms with Gasteiger partial charge in [0.05, 0.1) is 17.6 Å². The SMILES string of the molecule is CCc1cccc(NCc2nc3ccccc3n2CC)c1. The van der Waals surface area contributed by atoms with Gasteiger partial charge in [0.1, 0.15) is 5.82 Å². The largest absolute Gasteiger partial charge is 0.378 e. The fourth-order valence-corrected chi connectivity index (χ4v) is 2.70. The third kappa shape index (κ3) is 2.77. The van der Waals surface area contributed by atoms with Crippen molar-refractivity contribution in [3.63, 3.8) is 0 Å². The second-order valence-electron chi connectivity index (χ2n) is 5.17. The molecule has 3 nitrogen and oxygen atoms in total. The standard InChI is InChI=1S/C18H21N3/c1-3-14-8-7-9-15(12-14)19-13-18-20-16-10-5-6-11-17(16)21(18)4-2/h5-12,19H,3-4,13H2,1-2H3. The number of nitrogens with one attached hydrogen (secondary N) is 1. The lowest BCUT2D eigenvalue weighted by molar-refractivity contribution is 0.729. The molecule has 0 fully saturated rings. The molecule has 2 aromatic carbocycles. The molecule has 0 bridgehead atoms. The molecule has 1 aromatic heterocycles. The predicted molar refractivity (Wildman–Crippen MR) is 88.6 cm³/mol. The Hall–Kier alpha value is -2.29. The quantitative estimate of drug-likeness (QED) is 0.757. The van der Waals surface area contributed by atoms with E-state index >= 15 is 0 Å². The second-order valence-corrected chi connectivity index (χ2v) is 5.17. The highest BCUT2D eigenvalue weighted by Gasteiger charge is 2.08. The van der Waals surface area contributed by atoms with Crippen molar-refractivity contribution in [1.82, 2.24) is 9.55 Å². The van der Waals surface area contributed by atoms with Crippen LogP contribution < -0.4 is 5.32 Å². The molecule has 1 N–H and O–H groups in total. The summed E-state index contributed by atoms with van der Waals surface area (Å²) in [5.74, 6) is 1.08. The summed E-state index contributed by atoms with van der Waals surface area (Å²) >= 11 is 0. The first-order valence-electron chi connectivity index (χ1n) is 7.58. The van der Waals surface area contributed by atoms with Gasteiger partial charge in [-0.25, -0.2) is 4.98 Å². The lowest BCUT2D eigenvalue weighted by Gasteiger charge is -2.09. The molecule has 3 aromatic rings. The third-order valence-electron chi connectivity index (χ3n) is 3.84. The normalized spacial score (nSPS) is 11.0. The van der Waals surface area contributed by atoms with Crippen LogP contribution in [-0.2, 0) is 19.5 Å². The van der Waals surface area contributed by atoms with Crippen molar-refractivity contribution in [2.45, 2.75) is 33.4 Å². The number of rotatable bonds is 5. The van der Waals surface area contributed by atoms with E-state index in [1.165, 1.54) is 11.1 Å². The first-order valence-corrected chi connectivity index (χ1v) is 7.58. The van der Waals surface area contributed by atoms with Crippen molar-refractivity contribution in [3.8, 4) is 0 Å². The summed E-state index contributed by atoms with van der Waals surface area (Å²) in [6.07, 6.45) is 1.06. The zero-order chi connectivity index (χ0) is 14.7. The van der Waals surface area contributed by atoms with Crippen LogP contribution in [0.1, 0.15) is 25.2 Å². The zero-order valence-corrected chi connectivity index (χ0v) is 12.6. The summed E-state index contributed by atoms with van der Waals surface area (Å²) < 4.78 is 2.27. The molecule has 3 heteroatoms. The van der Waals surface area contributed by atoms with E-state index < -0.39 is 0 Å². The molecular formula is C18H21N3. The van der Waals surface area contributed by atoms with Crippen molar-refractivity contribution in [2.24, 2.45) is 0 Å². The van der Waals surface area contributed by atoms with E-state index in [9.17, 15) is 0 Å². The van der Waals surface area contributed by atoms with Crippen molar-refractivity contribution < 1.29 is 0 Å². The molecule has 3 rings (SSSR count). The average Bonchev–Trinajstić information content (AvgIpc) is 2.90. The number of imidazole rings is 1. The van der Waals surface area contributed by atoms with Gasteiger partial charge < -0.3 is 9.88 Å². The van der Waals surface area contributed by atoms with E-state index in [1.807, 2.05) is 6.07 Å². The predicted octanol–water partition coefficient (Wildman–Crippen LogP) is 4.23. The van der Waals surface area contributed by atoms with Crippen molar-refractivity contribution in [1.29, 1.82) is 0 Å². The minimum Gasteiger partial charge on any atom is -0.378 e. The number of fused-ring (bicyclic) bond motifs is 1. The Morgan fingerprint density at radius 3 is 2.71 bits per heavy atom. The first-order chi connectivity index (χ1) is 10.3. The van der Waals surface area contributed by atoms with Crippen LogP contribution in [0, 0.1) is 0 Å². The maximum Gasteiger partial charge on any atom is 0.129 e. The van der Waals surface area contributed by atoms with E-state index in [1.54, 1.807) is 0 Å². The molecule has 0 aliphatic heterocycles. The van der Waals surface area contributed by atoms with Crippen LogP contribution in [0.5, 0.6) is 0 Å². The number of aromatic nitrogens is 2. The average molecular weight is 279 g/mol. The van der Waals surface area contributed by atoms with Crippen LogP contribution in [-0.4, -0.2) is 9.55 Å². The highest BCUT2D eigenvalue weighted by atomic mass is 15.1. The van der Waals surface area contributed by atoms with E-state index in [4.69, 9.17) is 4.98 Å². The topological polar surface area (TPSA) is 29.9 Å². The minimum atomic E-state index is 0.746. The molecule has 108 valence electrons. The Balaban J connectivity index is 1.84. The van der Waals surface area contributed by atoms with Crippen molar-refractivity contribution in [3.05, 3.63) is 59.9 Å². The van der Waals surface area contributed by atoms with Crippen LogP contribution in [0.15, 0.2) is 48.5 Å². The molecule has 21 heavy (non-hydrogen) atoms. The molecule has 0 radical (unpaired) electrons. The third-order valence-corrected chi connectivity index (χ3v) is 3.84. The molecule has 0 saturated heterocycles. The highest BCUT2D eigenvalue weighted by molar-refractivity contribution is 5.76. The van der Waals surface area contributed by atoms with E-state index in [-0.39, 0.29) is 0 Å². The number of benzene rings is 2. The molecule has 0 spiro atoms. The first kappa shape index (κ1) is 13.7. The fourth-order valence-electron chi connectivity index (χ4n) is 2.70. The number of anilines is 1. The van der Waals surface area contributed by atoms with Gasteiger partial charge >= 0.3 is 0 Å². The summed E-state index contributed by atoms with van der Waals surface area (Å²) in [6.45, 7) is 6.02. The summed E-state index contributed by atoms with van der Waals surface area (Å²) in [6, 6.07) is 16.9. The fraction of sp³-hybridized carbons (Fsp3) is 0.278. The van der Waals surface area contributed by atoms with Gasteiger partial charge in [0.25, 0.3) is 0 Å². The van der Waals surface area contributed by atoms with E-state index in [0.29, 0.717) is 0 Å². The van der Waals surface area contributed by atoms with Crippen LogP contribution in [0.25, 0.3) is 11.0 Å². The summed E-state index contributed by atoms with van der Waals surface area (Å²) in [4.78, 5) is 4.74. The maximum absolute atomic E-state index is 4.74. The van der Waals surface area contributed by atoms with E-state index in [0.717, 1.165) is 36.5 Å². The van der Waals surface area contributed by atoms with Crippen LogP contribution in [0.2, 0.25) is 0 Å². The number of aryl methyl sites for hydroxylation is 2.